The van der Waals surface area contributed by atoms with E-state index in [1.807, 2.05) is 0 Å². The number of phenols is 1. The molecule has 0 fully saturated rings. The third kappa shape index (κ3) is 2.89. The molecule has 0 amide bonds. The zero-order chi connectivity index (χ0) is 16.4. The van der Waals surface area contributed by atoms with Gasteiger partial charge in [0.15, 0.2) is 11.4 Å². The lowest BCUT2D eigenvalue weighted by Crippen LogP contribution is -2.06. The molecule has 3 rings (SSSR count). The fourth-order valence-corrected chi connectivity index (χ4v) is 2.87. The van der Waals surface area contributed by atoms with Crippen LogP contribution in [0.2, 0.25) is 0 Å². The minimum absolute atomic E-state index is 0.108. The molecule has 0 spiro atoms. The van der Waals surface area contributed by atoms with E-state index in [1.165, 1.54) is 19.1 Å². The number of rotatable bonds is 5. The average molecular weight is 328 g/mol. The smallest absolute Gasteiger partial charge is 0.187 e. The fourth-order valence-electron chi connectivity index (χ4n) is 2.10. The van der Waals surface area contributed by atoms with Gasteiger partial charge >= 0.3 is 0 Å². The van der Waals surface area contributed by atoms with Crippen LogP contribution in [0.25, 0.3) is 11.0 Å². The normalized spacial score (nSPS) is 10.7. The molecule has 0 aliphatic heterocycles. The molecule has 1 aromatic heterocycles. The minimum atomic E-state index is 0.108. The quantitative estimate of drug-likeness (QED) is 0.550. The predicted octanol–water partition coefficient (Wildman–Crippen LogP) is 2.46. The number of nitrogens with zero attached hydrogens (tertiary/aromatic N) is 1. The number of hydrogen-bond acceptors (Lipinski definition) is 7. The van der Waals surface area contributed by atoms with E-state index in [-0.39, 0.29) is 5.75 Å². The van der Waals surface area contributed by atoms with Crippen LogP contribution < -0.4 is 19.7 Å². The van der Waals surface area contributed by atoms with Gasteiger partial charge < -0.3 is 23.8 Å². The average Bonchev–Trinajstić information content (AvgIpc) is 2.94. The topological polar surface area (TPSA) is 76.8 Å². The van der Waals surface area contributed by atoms with Crippen molar-refractivity contribution in [3.8, 4) is 17.2 Å². The van der Waals surface area contributed by atoms with Gasteiger partial charge in [0.1, 0.15) is 30.0 Å². The highest BCUT2D eigenvalue weighted by Crippen LogP contribution is 2.38. The van der Waals surface area contributed by atoms with Gasteiger partial charge in [0.25, 0.3) is 0 Å². The van der Waals surface area contributed by atoms with Gasteiger partial charge in [-0.2, -0.15) is 0 Å². The summed E-state index contributed by atoms with van der Waals surface area (Å²) in [4.78, 5) is 0.550. The summed E-state index contributed by atoms with van der Waals surface area (Å²) in [5.41, 5.74) is 1.01. The van der Waals surface area contributed by atoms with Crippen molar-refractivity contribution < 1.29 is 19.1 Å². The number of phenolic OH excluding ortho intramolecular Hbond substituents is 1. The number of aromatic nitrogens is 1. The summed E-state index contributed by atoms with van der Waals surface area (Å²) in [5.74, 6) is 1.69. The summed E-state index contributed by atoms with van der Waals surface area (Å²) in [6.45, 7) is 0. The zero-order valence-corrected chi connectivity index (χ0v) is 13.3. The Labute approximate surface area is 138 Å². The number of methoxy groups -OCH3 is 2. The van der Waals surface area contributed by atoms with Gasteiger partial charge in [-0.15, -0.1) is 0 Å². The Balaban J connectivity index is 1.91. The number of aromatic hydroxyl groups is 1. The molecule has 2 aromatic carbocycles. The van der Waals surface area contributed by atoms with Gasteiger partial charge in [0, 0.05) is 0 Å². The summed E-state index contributed by atoms with van der Waals surface area (Å²) < 4.78 is 18.7. The Morgan fingerprint density at radius 3 is 2.74 bits per heavy atom. The third-order valence-corrected chi connectivity index (χ3v) is 4.16. The van der Waals surface area contributed by atoms with E-state index in [0.29, 0.717) is 33.3 Å². The fraction of sp³-hybridized carbons (Fsp3) is 0.133. The maximum Gasteiger partial charge on any atom is 0.187 e. The molecule has 0 atom stereocenters. The van der Waals surface area contributed by atoms with Gasteiger partial charge in [-0.1, -0.05) is 16.7 Å². The summed E-state index contributed by atoms with van der Waals surface area (Å²) in [6, 6.07) is 8.44. The van der Waals surface area contributed by atoms with Crippen LogP contribution in [0.3, 0.4) is 0 Å². The highest BCUT2D eigenvalue weighted by molar-refractivity contribution is 8.00. The van der Waals surface area contributed by atoms with Crippen LogP contribution in [0.5, 0.6) is 17.2 Å². The van der Waals surface area contributed by atoms with Gasteiger partial charge in [-0.25, -0.2) is 0 Å². The van der Waals surface area contributed by atoms with Crippen LogP contribution in [-0.2, 0) is 0 Å². The Kier molecular flexibility index (Phi) is 4.25. The number of nitrogens with one attached hydrogen (secondary N) is 1. The van der Waals surface area contributed by atoms with Gasteiger partial charge in [-0.05, 0) is 36.2 Å². The first kappa shape index (κ1) is 15.4. The molecule has 0 aliphatic carbocycles. The van der Waals surface area contributed by atoms with Crippen molar-refractivity contribution in [3.63, 3.8) is 0 Å². The van der Waals surface area contributed by atoms with E-state index in [0.717, 1.165) is 5.39 Å². The molecule has 116 valence electrons. The molecule has 0 saturated heterocycles. The Bertz CT molecular complexity index is 853. The molecule has 2 radical (unpaired) electrons. The Hall–Kier alpha value is -2.48. The lowest BCUT2D eigenvalue weighted by molar-refractivity contribution is 0.391. The van der Waals surface area contributed by atoms with Gasteiger partial charge in [0.05, 0.1) is 19.6 Å². The molecule has 3 aromatic rings. The number of benzene rings is 2. The van der Waals surface area contributed by atoms with Crippen molar-refractivity contribution in [2.45, 2.75) is 4.90 Å². The summed E-state index contributed by atoms with van der Waals surface area (Å²) in [5, 5.41) is 14.7. The van der Waals surface area contributed by atoms with E-state index in [9.17, 15) is 5.11 Å². The standard InChI is InChI=1S/C15H13BN2O4S/c1-20-11-5-3-4-10(19)14(11)23-18-15-8-6-13(21-2)9(16)7-12(8)22-17-15/h3-7,19H,1-2H3,(H,17,18). The second-order valence-electron chi connectivity index (χ2n) is 4.63. The van der Waals surface area contributed by atoms with Crippen LogP contribution in [-0.4, -0.2) is 32.3 Å². The van der Waals surface area contributed by atoms with Crippen LogP contribution in [0.1, 0.15) is 0 Å². The molecule has 0 saturated carbocycles. The maximum atomic E-state index is 9.96. The highest BCUT2D eigenvalue weighted by atomic mass is 32.2. The molecular weight excluding hydrogens is 315 g/mol. The number of ether oxygens (including phenoxy) is 2. The molecule has 23 heavy (non-hydrogen) atoms. The van der Waals surface area contributed by atoms with Gasteiger partial charge in [-0.3, -0.25) is 0 Å². The molecule has 0 unspecified atom stereocenters. The van der Waals surface area contributed by atoms with Crippen molar-refractivity contribution in [2.75, 3.05) is 18.9 Å². The van der Waals surface area contributed by atoms with E-state index < -0.39 is 0 Å². The van der Waals surface area contributed by atoms with Crippen molar-refractivity contribution in [3.05, 3.63) is 30.3 Å². The second kappa shape index (κ2) is 6.33. The largest absolute Gasteiger partial charge is 0.507 e. The van der Waals surface area contributed by atoms with Crippen molar-refractivity contribution >= 4 is 42.0 Å². The first-order chi connectivity index (χ1) is 11.1. The van der Waals surface area contributed by atoms with Gasteiger partial charge in [0.2, 0.25) is 0 Å². The SMILES string of the molecule is [B]c1cc2onc(NSc3c(O)cccc3OC)c2cc1OC. The predicted molar refractivity (Wildman–Crippen MR) is 90.1 cm³/mol. The second-order valence-corrected chi connectivity index (χ2v) is 5.45. The van der Waals surface area contributed by atoms with Crippen LogP contribution in [0.15, 0.2) is 39.8 Å². The van der Waals surface area contributed by atoms with E-state index in [4.69, 9.17) is 21.8 Å². The summed E-state index contributed by atoms with van der Waals surface area (Å²) in [7, 11) is 8.92. The third-order valence-electron chi connectivity index (χ3n) is 3.25. The molecule has 8 heteroatoms. The first-order valence-corrected chi connectivity index (χ1v) is 7.47. The van der Waals surface area contributed by atoms with E-state index >= 15 is 0 Å². The molecule has 0 bridgehead atoms. The number of anilines is 1. The summed E-state index contributed by atoms with van der Waals surface area (Å²) in [6.07, 6.45) is 0. The molecule has 6 nitrogen and oxygen atoms in total. The molecule has 2 N–H and O–H groups in total. The maximum absolute atomic E-state index is 9.96. The molecule has 0 aliphatic rings. The molecule has 1 heterocycles. The Morgan fingerprint density at radius 2 is 2.00 bits per heavy atom. The Morgan fingerprint density at radius 1 is 1.22 bits per heavy atom. The number of fused-ring (bicyclic) bond motifs is 1. The lowest BCUT2D eigenvalue weighted by Gasteiger charge is -2.10. The van der Waals surface area contributed by atoms with Crippen molar-refractivity contribution in [1.29, 1.82) is 0 Å². The minimum Gasteiger partial charge on any atom is -0.507 e. The monoisotopic (exact) mass is 328 g/mol. The van der Waals surface area contributed by atoms with E-state index in [1.54, 1.807) is 37.4 Å². The summed E-state index contributed by atoms with van der Waals surface area (Å²) >= 11 is 1.17. The number of hydrogen-bond donors (Lipinski definition) is 2. The first-order valence-electron chi connectivity index (χ1n) is 6.65. The van der Waals surface area contributed by atoms with Crippen LogP contribution in [0, 0.1) is 0 Å². The van der Waals surface area contributed by atoms with Crippen LogP contribution in [0.4, 0.5) is 5.82 Å². The lowest BCUT2D eigenvalue weighted by atomic mass is 9.94. The van der Waals surface area contributed by atoms with Crippen molar-refractivity contribution in [1.82, 2.24) is 5.16 Å². The zero-order valence-electron chi connectivity index (χ0n) is 12.5. The van der Waals surface area contributed by atoms with E-state index in [2.05, 4.69) is 9.88 Å². The van der Waals surface area contributed by atoms with Crippen molar-refractivity contribution in [2.24, 2.45) is 0 Å². The molecular formula is C15H13BN2O4S. The highest BCUT2D eigenvalue weighted by Gasteiger charge is 2.14. The van der Waals surface area contributed by atoms with Crippen LogP contribution >= 0.6 is 11.9 Å².